The van der Waals surface area contributed by atoms with Gasteiger partial charge in [-0.2, -0.15) is 4.31 Å². The lowest BCUT2D eigenvalue weighted by Gasteiger charge is -2.35. The van der Waals surface area contributed by atoms with Crippen LogP contribution in [-0.4, -0.2) is 54.6 Å². The highest BCUT2D eigenvalue weighted by atomic mass is 32.2. The predicted molar refractivity (Wildman–Crippen MR) is 167 cm³/mol. The Labute approximate surface area is 249 Å². The second kappa shape index (κ2) is 12.9. The van der Waals surface area contributed by atoms with E-state index >= 15 is 0 Å². The van der Waals surface area contributed by atoms with Gasteiger partial charge in [-0.3, -0.25) is 9.59 Å². The minimum Gasteiger partial charge on any atom is -0.350 e. The van der Waals surface area contributed by atoms with Crippen molar-refractivity contribution in [3.63, 3.8) is 0 Å². The number of nitrogens with zero attached hydrogens (tertiary/aromatic N) is 2. The van der Waals surface area contributed by atoms with Crippen LogP contribution < -0.4 is 5.32 Å². The molecule has 4 aromatic rings. The second-order valence-electron chi connectivity index (χ2n) is 11.7. The number of sulfonamides is 1. The molecule has 4 aromatic carbocycles. The maximum Gasteiger partial charge on any atom is 0.243 e. The summed E-state index contributed by atoms with van der Waals surface area (Å²) in [6.07, 6.45) is 0.279. The van der Waals surface area contributed by atoms with Crippen molar-refractivity contribution in [3.05, 3.63) is 114 Å². The van der Waals surface area contributed by atoms with Gasteiger partial charge in [0, 0.05) is 25.6 Å². The summed E-state index contributed by atoms with van der Waals surface area (Å²) in [5.41, 5.74) is 2.22. The molecule has 0 unspecified atom stereocenters. The summed E-state index contributed by atoms with van der Waals surface area (Å²) in [4.78, 5) is 29.5. The van der Waals surface area contributed by atoms with Gasteiger partial charge >= 0.3 is 0 Å². The molecule has 0 saturated carbocycles. The van der Waals surface area contributed by atoms with Crippen molar-refractivity contribution in [1.29, 1.82) is 0 Å². The topological polar surface area (TPSA) is 86.8 Å². The fraction of sp³-hybridized carbons (Fsp3) is 0.294. The first-order valence-electron chi connectivity index (χ1n) is 14.0. The van der Waals surface area contributed by atoms with E-state index in [-0.39, 0.29) is 23.8 Å². The Kier molecular flexibility index (Phi) is 9.49. The number of nitrogens with one attached hydrogen (secondary N) is 1. The molecule has 1 atom stereocenters. The molecule has 0 radical (unpaired) electrons. The average Bonchev–Trinajstić information content (AvgIpc) is 2.95. The third-order valence-corrected chi connectivity index (χ3v) is 8.96. The van der Waals surface area contributed by atoms with Crippen LogP contribution >= 0.6 is 0 Å². The molecule has 0 fully saturated rings. The van der Waals surface area contributed by atoms with Gasteiger partial charge in [0.15, 0.2) is 0 Å². The molecular weight excluding hydrogens is 546 g/mol. The molecule has 7 nitrogen and oxygen atoms in total. The van der Waals surface area contributed by atoms with Crippen molar-refractivity contribution in [3.8, 4) is 0 Å². The van der Waals surface area contributed by atoms with Gasteiger partial charge < -0.3 is 10.2 Å². The van der Waals surface area contributed by atoms with Crippen LogP contribution in [0.1, 0.15) is 37.5 Å². The summed E-state index contributed by atoms with van der Waals surface area (Å²) in [7, 11) is -2.59. The summed E-state index contributed by atoms with van der Waals surface area (Å²) in [5.74, 6) is -0.761. The maximum atomic E-state index is 14.1. The number of benzene rings is 4. The Morgan fingerprint density at radius 2 is 1.45 bits per heavy atom. The normalized spacial score (nSPS) is 12.7. The van der Waals surface area contributed by atoms with Crippen molar-refractivity contribution in [2.24, 2.45) is 0 Å². The summed E-state index contributed by atoms with van der Waals surface area (Å²) < 4.78 is 28.3. The monoisotopic (exact) mass is 585 g/mol. The number of carbonyl (C=O) groups excluding carboxylic acids is 2. The van der Waals surface area contributed by atoms with Crippen LogP contribution in [0.5, 0.6) is 0 Å². The standard InChI is InChI=1S/C34H39N3O4S/c1-25-13-9-10-18-29(25)23-37(31(33(39)35-34(2,3)4)21-26-14-7-6-8-15-26)32(38)24-36(5)42(40,41)30-20-19-27-16-11-12-17-28(27)22-30/h6-20,22,31H,21,23-24H2,1-5H3,(H,35,39)/t31-/m1/s1. The van der Waals surface area contributed by atoms with E-state index < -0.39 is 34.1 Å². The number of carbonyl (C=O) groups is 2. The first kappa shape index (κ1) is 30.9. The molecule has 220 valence electrons. The van der Waals surface area contributed by atoms with Crippen LogP contribution in [0.2, 0.25) is 0 Å². The number of hydrogen-bond acceptors (Lipinski definition) is 4. The first-order chi connectivity index (χ1) is 19.8. The van der Waals surface area contributed by atoms with Crippen LogP contribution in [0.4, 0.5) is 0 Å². The van der Waals surface area contributed by atoms with Gasteiger partial charge in [0.2, 0.25) is 21.8 Å². The van der Waals surface area contributed by atoms with Crippen molar-refractivity contribution in [1.82, 2.24) is 14.5 Å². The third kappa shape index (κ3) is 7.63. The van der Waals surface area contributed by atoms with Crippen molar-refractivity contribution < 1.29 is 18.0 Å². The van der Waals surface area contributed by atoms with E-state index in [0.717, 1.165) is 31.8 Å². The minimum atomic E-state index is -3.99. The van der Waals surface area contributed by atoms with Gasteiger partial charge in [0.25, 0.3) is 0 Å². The molecular formula is C34H39N3O4S. The Balaban J connectivity index is 1.69. The highest BCUT2D eigenvalue weighted by Crippen LogP contribution is 2.23. The molecule has 0 saturated heterocycles. The molecule has 0 spiro atoms. The smallest absolute Gasteiger partial charge is 0.243 e. The molecule has 0 aliphatic rings. The Hall–Kier alpha value is -4.01. The molecule has 2 amide bonds. The SMILES string of the molecule is Cc1ccccc1CN(C(=O)CN(C)S(=O)(=O)c1ccc2ccccc2c1)[C@H](Cc1ccccc1)C(=O)NC(C)(C)C. The lowest BCUT2D eigenvalue weighted by Crippen LogP contribution is -2.56. The van der Waals surface area contributed by atoms with E-state index in [1.54, 1.807) is 18.2 Å². The van der Waals surface area contributed by atoms with Crippen LogP contribution in [-0.2, 0) is 32.6 Å². The van der Waals surface area contributed by atoms with Gasteiger partial charge in [-0.05, 0) is 67.3 Å². The van der Waals surface area contributed by atoms with Crippen LogP contribution in [0, 0.1) is 6.92 Å². The fourth-order valence-electron chi connectivity index (χ4n) is 4.85. The summed E-state index contributed by atoms with van der Waals surface area (Å²) in [5, 5.41) is 4.75. The number of fused-ring (bicyclic) bond motifs is 1. The second-order valence-corrected chi connectivity index (χ2v) is 13.7. The van der Waals surface area contributed by atoms with Gasteiger partial charge in [0.05, 0.1) is 11.4 Å². The van der Waals surface area contributed by atoms with Gasteiger partial charge in [-0.15, -0.1) is 0 Å². The predicted octanol–water partition coefficient (Wildman–Crippen LogP) is 5.32. The number of hydrogen-bond donors (Lipinski definition) is 1. The van der Waals surface area contributed by atoms with Gasteiger partial charge in [-0.1, -0.05) is 84.9 Å². The largest absolute Gasteiger partial charge is 0.350 e. The van der Waals surface area contributed by atoms with Gasteiger partial charge in [-0.25, -0.2) is 8.42 Å². The molecule has 0 heterocycles. The molecule has 0 aromatic heterocycles. The lowest BCUT2D eigenvalue weighted by atomic mass is 10.00. The quantitative estimate of drug-likeness (QED) is 0.273. The van der Waals surface area contributed by atoms with Crippen LogP contribution in [0.3, 0.4) is 0 Å². The van der Waals surface area contributed by atoms with E-state index in [1.165, 1.54) is 11.9 Å². The molecule has 8 heteroatoms. The first-order valence-corrected chi connectivity index (χ1v) is 15.4. The molecule has 0 aliphatic heterocycles. The van der Waals surface area contributed by atoms with Crippen molar-refractivity contribution in [2.45, 2.75) is 57.1 Å². The van der Waals surface area contributed by atoms with E-state index in [9.17, 15) is 18.0 Å². The van der Waals surface area contributed by atoms with E-state index in [2.05, 4.69) is 5.32 Å². The fourth-order valence-corrected chi connectivity index (χ4v) is 6.01. The summed E-state index contributed by atoms with van der Waals surface area (Å²) in [6.45, 7) is 7.36. The van der Waals surface area contributed by atoms with Crippen LogP contribution in [0.25, 0.3) is 10.8 Å². The maximum absolute atomic E-state index is 14.1. The number of likely N-dealkylation sites (N-methyl/N-ethyl adjacent to an activating group) is 1. The highest BCUT2D eigenvalue weighted by molar-refractivity contribution is 7.89. The zero-order valence-corrected chi connectivity index (χ0v) is 25.7. The van der Waals surface area contributed by atoms with Crippen molar-refractivity contribution in [2.75, 3.05) is 13.6 Å². The zero-order chi connectivity index (χ0) is 30.5. The molecule has 42 heavy (non-hydrogen) atoms. The number of amides is 2. The molecule has 0 bridgehead atoms. The van der Waals surface area contributed by atoms with E-state index in [0.29, 0.717) is 0 Å². The minimum absolute atomic E-state index is 0.105. The Bertz CT molecular complexity index is 1660. The molecule has 0 aliphatic carbocycles. The summed E-state index contributed by atoms with van der Waals surface area (Å²) >= 11 is 0. The summed E-state index contributed by atoms with van der Waals surface area (Å²) in [6, 6.07) is 28.8. The lowest BCUT2D eigenvalue weighted by molar-refractivity contribution is -0.141. The van der Waals surface area contributed by atoms with Crippen molar-refractivity contribution >= 4 is 32.6 Å². The van der Waals surface area contributed by atoms with Crippen LogP contribution in [0.15, 0.2) is 102 Å². The van der Waals surface area contributed by atoms with Gasteiger partial charge in [0.1, 0.15) is 6.04 Å². The van der Waals surface area contributed by atoms with E-state index in [1.807, 2.05) is 107 Å². The van der Waals surface area contributed by atoms with E-state index in [4.69, 9.17) is 0 Å². The zero-order valence-electron chi connectivity index (χ0n) is 24.9. The molecule has 1 N–H and O–H groups in total. The third-order valence-electron chi connectivity index (χ3n) is 7.16. The number of rotatable bonds is 10. The Morgan fingerprint density at radius 3 is 2.12 bits per heavy atom. The number of aryl methyl sites for hydroxylation is 1. The highest BCUT2D eigenvalue weighted by Gasteiger charge is 2.34. The molecule has 4 rings (SSSR count). The average molecular weight is 586 g/mol. The Morgan fingerprint density at radius 1 is 0.833 bits per heavy atom.